The van der Waals surface area contributed by atoms with Gasteiger partial charge in [0.1, 0.15) is 11.6 Å². The average molecular weight is 301 g/mol. The lowest BCUT2D eigenvalue weighted by molar-refractivity contribution is 0.0993. The largest absolute Gasteiger partial charge is 0.294 e. The van der Waals surface area contributed by atoms with Gasteiger partial charge in [-0.25, -0.2) is 8.78 Å². The molecule has 0 spiro atoms. The summed E-state index contributed by atoms with van der Waals surface area (Å²) in [4.78, 5) is 11.9. The van der Waals surface area contributed by atoms with Crippen molar-refractivity contribution >= 4 is 29.0 Å². The lowest BCUT2D eigenvalue weighted by atomic mass is 10.0. The Labute approximate surface area is 118 Å². The Hall–Kier alpha value is -1.45. The van der Waals surface area contributed by atoms with E-state index in [1.165, 1.54) is 24.3 Å². The molecule has 2 aromatic carbocycles. The molecule has 0 saturated carbocycles. The highest BCUT2D eigenvalue weighted by Crippen LogP contribution is 2.19. The maximum absolute atomic E-state index is 13.2. The molecule has 2 rings (SSSR count). The fourth-order valence-electron chi connectivity index (χ4n) is 1.61. The second-order valence-electron chi connectivity index (χ2n) is 3.98. The van der Waals surface area contributed by atoms with Gasteiger partial charge in [-0.15, -0.1) is 0 Å². The van der Waals surface area contributed by atoms with Gasteiger partial charge in [-0.2, -0.15) is 0 Å². The van der Waals surface area contributed by atoms with Crippen molar-refractivity contribution in [2.45, 2.75) is 6.42 Å². The molecule has 0 fully saturated rings. The smallest absolute Gasteiger partial charge is 0.167 e. The van der Waals surface area contributed by atoms with E-state index in [4.69, 9.17) is 23.2 Å². The highest BCUT2D eigenvalue weighted by atomic mass is 35.5. The van der Waals surface area contributed by atoms with E-state index in [1.54, 1.807) is 6.07 Å². The van der Waals surface area contributed by atoms with Gasteiger partial charge < -0.3 is 0 Å². The summed E-state index contributed by atoms with van der Waals surface area (Å²) < 4.78 is 26.2. The lowest BCUT2D eigenvalue weighted by Gasteiger charge is -2.04. The van der Waals surface area contributed by atoms with Crippen LogP contribution >= 0.6 is 23.2 Å². The number of rotatable bonds is 3. The van der Waals surface area contributed by atoms with Crippen molar-refractivity contribution in [1.82, 2.24) is 0 Å². The first kappa shape index (κ1) is 14.0. The van der Waals surface area contributed by atoms with Crippen LogP contribution in [-0.4, -0.2) is 5.78 Å². The molecular weight excluding hydrogens is 293 g/mol. The van der Waals surface area contributed by atoms with Crippen LogP contribution in [0.1, 0.15) is 15.9 Å². The number of carbonyl (C=O) groups is 1. The molecule has 0 radical (unpaired) electrons. The van der Waals surface area contributed by atoms with Crippen LogP contribution in [0.25, 0.3) is 0 Å². The molecule has 0 bridgehead atoms. The fraction of sp³-hybridized carbons (Fsp3) is 0.0714. The molecule has 0 unspecified atom stereocenters. The zero-order valence-corrected chi connectivity index (χ0v) is 11.1. The Balaban J connectivity index is 2.20. The highest BCUT2D eigenvalue weighted by molar-refractivity contribution is 6.31. The summed E-state index contributed by atoms with van der Waals surface area (Å²) in [6, 6.07) is 7.87. The molecule has 0 saturated heterocycles. The zero-order chi connectivity index (χ0) is 14.0. The van der Waals surface area contributed by atoms with Gasteiger partial charge in [0.15, 0.2) is 5.78 Å². The van der Waals surface area contributed by atoms with Crippen LogP contribution < -0.4 is 0 Å². The van der Waals surface area contributed by atoms with Gasteiger partial charge in [0, 0.05) is 12.0 Å². The van der Waals surface area contributed by atoms with Crippen LogP contribution in [0.15, 0.2) is 36.4 Å². The molecule has 0 amide bonds. The Morgan fingerprint density at radius 3 is 2.32 bits per heavy atom. The molecule has 0 aromatic heterocycles. The van der Waals surface area contributed by atoms with Gasteiger partial charge in [0.05, 0.1) is 10.0 Å². The van der Waals surface area contributed by atoms with Crippen LogP contribution in [0.2, 0.25) is 10.0 Å². The average Bonchev–Trinajstić information content (AvgIpc) is 2.37. The Bertz CT molecular complexity index is 641. The molecule has 5 heteroatoms. The van der Waals surface area contributed by atoms with E-state index in [0.717, 1.165) is 6.07 Å². The van der Waals surface area contributed by atoms with Gasteiger partial charge >= 0.3 is 0 Å². The maximum Gasteiger partial charge on any atom is 0.167 e. The lowest BCUT2D eigenvalue weighted by Crippen LogP contribution is -2.04. The van der Waals surface area contributed by atoms with Crippen molar-refractivity contribution in [2.24, 2.45) is 0 Å². The van der Waals surface area contributed by atoms with Gasteiger partial charge in [0.25, 0.3) is 0 Å². The van der Waals surface area contributed by atoms with E-state index in [0.29, 0.717) is 5.56 Å². The van der Waals surface area contributed by atoms with Gasteiger partial charge in [-0.3, -0.25) is 4.79 Å². The summed E-state index contributed by atoms with van der Waals surface area (Å²) in [6.07, 6.45) is -0.00392. The van der Waals surface area contributed by atoms with E-state index in [-0.39, 0.29) is 27.8 Å². The van der Waals surface area contributed by atoms with E-state index in [1.807, 2.05) is 0 Å². The SMILES string of the molecule is O=C(Cc1ccc(Cl)c(F)c1)c1ccc(F)c(Cl)c1. The standard InChI is InChI=1S/C14H8Cl2F2O/c15-10-3-1-8(5-13(10)18)6-14(19)9-2-4-12(17)11(16)7-9/h1-5,7H,6H2. The topological polar surface area (TPSA) is 17.1 Å². The van der Waals surface area contributed by atoms with E-state index in [2.05, 4.69) is 0 Å². The molecule has 1 nitrogen and oxygen atoms in total. The predicted octanol–water partition coefficient (Wildman–Crippen LogP) is 4.70. The third kappa shape index (κ3) is 3.31. The third-order valence-electron chi connectivity index (χ3n) is 2.59. The molecule has 0 aliphatic carbocycles. The first-order chi connectivity index (χ1) is 8.97. The monoisotopic (exact) mass is 300 g/mol. The quantitative estimate of drug-likeness (QED) is 0.751. The summed E-state index contributed by atoms with van der Waals surface area (Å²) in [6.45, 7) is 0. The molecule has 0 heterocycles. The van der Waals surface area contributed by atoms with Crippen molar-refractivity contribution in [3.8, 4) is 0 Å². The molecule has 98 valence electrons. The molecular formula is C14H8Cl2F2O. The number of carbonyl (C=O) groups excluding carboxylic acids is 1. The van der Waals surface area contributed by atoms with Crippen molar-refractivity contribution in [2.75, 3.05) is 0 Å². The fourth-order valence-corrected chi connectivity index (χ4v) is 1.90. The Kier molecular flexibility index (Phi) is 4.17. The molecule has 0 aliphatic rings. The first-order valence-electron chi connectivity index (χ1n) is 5.39. The van der Waals surface area contributed by atoms with Crippen LogP contribution in [0.3, 0.4) is 0 Å². The van der Waals surface area contributed by atoms with Crippen LogP contribution in [0, 0.1) is 11.6 Å². The number of halogens is 4. The van der Waals surface area contributed by atoms with Crippen molar-refractivity contribution in [3.05, 3.63) is 69.2 Å². The molecule has 2 aromatic rings. The van der Waals surface area contributed by atoms with E-state index < -0.39 is 11.6 Å². The summed E-state index contributed by atoms with van der Waals surface area (Å²) >= 11 is 11.2. The van der Waals surface area contributed by atoms with Gasteiger partial charge in [-0.1, -0.05) is 29.3 Å². The minimum Gasteiger partial charge on any atom is -0.294 e. The van der Waals surface area contributed by atoms with Gasteiger partial charge in [0.2, 0.25) is 0 Å². The van der Waals surface area contributed by atoms with Crippen molar-refractivity contribution in [3.63, 3.8) is 0 Å². The minimum atomic E-state index is -0.587. The Morgan fingerprint density at radius 1 is 0.947 bits per heavy atom. The predicted molar refractivity (Wildman–Crippen MR) is 70.9 cm³/mol. The maximum atomic E-state index is 13.2. The number of hydrogen-bond donors (Lipinski definition) is 0. The summed E-state index contributed by atoms with van der Waals surface area (Å²) in [7, 11) is 0. The van der Waals surface area contributed by atoms with E-state index in [9.17, 15) is 13.6 Å². The number of hydrogen-bond acceptors (Lipinski definition) is 1. The van der Waals surface area contributed by atoms with Crippen molar-refractivity contribution < 1.29 is 13.6 Å². The second kappa shape index (κ2) is 5.68. The molecule has 0 atom stereocenters. The summed E-state index contributed by atoms with van der Waals surface area (Å²) in [5.74, 6) is -1.44. The number of benzene rings is 2. The van der Waals surface area contributed by atoms with E-state index >= 15 is 0 Å². The minimum absolute atomic E-state index is 0.000950. The normalized spacial score (nSPS) is 10.5. The summed E-state index contributed by atoms with van der Waals surface area (Å²) in [5.41, 5.74) is 0.772. The van der Waals surface area contributed by atoms with Crippen molar-refractivity contribution in [1.29, 1.82) is 0 Å². The second-order valence-corrected chi connectivity index (χ2v) is 4.79. The van der Waals surface area contributed by atoms with Gasteiger partial charge in [-0.05, 0) is 35.9 Å². The van der Waals surface area contributed by atoms with Crippen LogP contribution in [-0.2, 0) is 6.42 Å². The zero-order valence-electron chi connectivity index (χ0n) is 9.59. The first-order valence-corrected chi connectivity index (χ1v) is 6.15. The van der Waals surface area contributed by atoms with Crippen LogP contribution in [0.5, 0.6) is 0 Å². The Morgan fingerprint density at radius 2 is 1.68 bits per heavy atom. The number of Topliss-reactive ketones (excluding diaryl/α,β-unsaturated/α-hetero) is 1. The summed E-state index contributed by atoms with van der Waals surface area (Å²) in [5, 5.41) is -0.117. The molecule has 19 heavy (non-hydrogen) atoms. The molecule has 0 aliphatic heterocycles. The number of ketones is 1. The highest BCUT2D eigenvalue weighted by Gasteiger charge is 2.11. The van der Waals surface area contributed by atoms with Crippen LogP contribution in [0.4, 0.5) is 8.78 Å². The molecule has 0 N–H and O–H groups in total. The third-order valence-corrected chi connectivity index (χ3v) is 3.19.